The Labute approximate surface area is 561 Å². The molecule has 0 atom stereocenters. The Morgan fingerprint density at radius 1 is 0.223 bits per heavy atom. The second-order valence-electron chi connectivity index (χ2n) is 23.5. The Bertz CT molecular complexity index is 5930. The number of ether oxygens (including phenoxy) is 2. The first-order valence-corrected chi connectivity index (χ1v) is 35.7. The van der Waals surface area contributed by atoms with Crippen LogP contribution in [0.3, 0.4) is 0 Å². The molecular weight excluding hydrogens is 1260 g/mol. The molecule has 0 amide bonds. The SMILES string of the molecule is COc1ccc(-c2ccc3c4ccc(-c5ccccc5-c5ccccc5)cc4n(-c4ccccc4)c3c2)c(-c2ccccc2)c1.COc1ccc2c(c1)c1ccccc1c1cc3c4cc5c6ccccc6c6ccccc6c5cc4n(-c4ccccc4)c3cc21.[Cl][Fe]([Cl])[Cl]. The van der Waals surface area contributed by atoms with Gasteiger partial charge < -0.3 is 18.6 Å². The molecule has 8 heteroatoms. The fourth-order valence-corrected chi connectivity index (χ4v) is 14.4. The van der Waals surface area contributed by atoms with Gasteiger partial charge in [0.2, 0.25) is 0 Å². The van der Waals surface area contributed by atoms with Gasteiger partial charge in [0.25, 0.3) is 0 Å². The van der Waals surface area contributed by atoms with E-state index in [9.17, 15) is 0 Å². The van der Waals surface area contributed by atoms with Crippen molar-refractivity contribution in [1.82, 2.24) is 9.13 Å². The topological polar surface area (TPSA) is 28.3 Å². The van der Waals surface area contributed by atoms with Crippen LogP contribution in [0.5, 0.6) is 11.5 Å². The Balaban J connectivity index is 0.000000141. The van der Waals surface area contributed by atoms with Gasteiger partial charge in [-0.1, -0.05) is 231 Å². The van der Waals surface area contributed by atoms with E-state index < -0.39 is 11.2 Å². The number of methoxy groups -OCH3 is 2. The van der Waals surface area contributed by atoms with Gasteiger partial charge in [-0.25, -0.2) is 0 Å². The van der Waals surface area contributed by atoms with Crippen LogP contribution in [0.1, 0.15) is 0 Å². The van der Waals surface area contributed by atoms with Crippen molar-refractivity contribution in [2.75, 3.05) is 14.2 Å². The van der Waals surface area contributed by atoms with E-state index in [4.69, 9.17) is 39.8 Å². The van der Waals surface area contributed by atoms with E-state index in [1.165, 1.54) is 142 Å². The first kappa shape index (κ1) is 58.7. The van der Waals surface area contributed by atoms with E-state index >= 15 is 0 Å². The second-order valence-corrected chi connectivity index (χ2v) is 29.0. The third-order valence-electron chi connectivity index (χ3n) is 18.5. The molecule has 0 aliphatic heterocycles. The second kappa shape index (κ2) is 24.9. The first-order chi connectivity index (χ1) is 46.3. The number of benzene rings is 16. The predicted molar refractivity (Wildman–Crippen MR) is 399 cm³/mol. The summed E-state index contributed by atoms with van der Waals surface area (Å²) in [5, 5.41) is 20.2. The Morgan fingerprint density at radius 3 is 0.957 bits per heavy atom. The van der Waals surface area contributed by atoms with Gasteiger partial charge in [-0.2, -0.15) is 0 Å². The average molecular weight is 1310 g/mol. The summed E-state index contributed by atoms with van der Waals surface area (Å²) in [5.74, 6) is 1.72. The molecule has 0 N–H and O–H groups in total. The van der Waals surface area contributed by atoms with E-state index in [0.717, 1.165) is 34.0 Å². The van der Waals surface area contributed by atoms with Crippen molar-refractivity contribution in [3.8, 4) is 67.4 Å². The molecule has 0 unspecified atom stereocenters. The molecule has 0 aliphatic carbocycles. The summed E-state index contributed by atoms with van der Waals surface area (Å²) in [5.41, 5.74) is 16.6. The summed E-state index contributed by atoms with van der Waals surface area (Å²) in [4.78, 5) is 0. The van der Waals surface area contributed by atoms with E-state index in [2.05, 4.69) is 325 Å². The quantitative estimate of drug-likeness (QED) is 0.112. The predicted octanol–water partition coefficient (Wildman–Crippen LogP) is 25.2. The zero-order chi connectivity index (χ0) is 63.4. The van der Waals surface area contributed by atoms with Crippen molar-refractivity contribution in [2.45, 2.75) is 0 Å². The monoisotopic (exact) mass is 1310 g/mol. The zero-order valence-corrected chi connectivity index (χ0v) is 54.6. The summed E-state index contributed by atoms with van der Waals surface area (Å²) < 4.78 is 16.2. The third-order valence-corrected chi connectivity index (χ3v) is 18.5. The van der Waals surface area contributed by atoms with Crippen molar-refractivity contribution >= 4 is 139 Å². The maximum absolute atomic E-state index is 5.66. The van der Waals surface area contributed by atoms with Gasteiger partial charge in [0.1, 0.15) is 11.5 Å². The van der Waals surface area contributed by atoms with Crippen molar-refractivity contribution in [3.63, 3.8) is 0 Å². The summed E-state index contributed by atoms with van der Waals surface area (Å²) in [6.45, 7) is 0. The van der Waals surface area contributed by atoms with E-state index in [0.29, 0.717) is 0 Å². The van der Waals surface area contributed by atoms with Crippen LogP contribution in [0, 0.1) is 0 Å². The van der Waals surface area contributed by atoms with Crippen LogP contribution in [-0.4, -0.2) is 23.4 Å². The van der Waals surface area contributed by atoms with Crippen molar-refractivity contribution in [1.29, 1.82) is 0 Å². The molecule has 2 aromatic heterocycles. The number of nitrogens with zero attached hydrogens (tertiary/aromatic N) is 2. The summed E-state index contributed by atoms with van der Waals surface area (Å²) >= 11 is -1.33. The fraction of sp³-hybridized carbons (Fsp3) is 0.0233. The minimum absolute atomic E-state index is 0.848. The standard InChI is InChI=1S/C43H27NO.C43H31NO.3ClH.Fe/c1-45-27-19-20-34-35(21-27)32-17-9-10-18-33(32)37-23-41-40-22-36-30-15-7-5-13-28(30)29-14-6-8-16-31(29)38(36)24-42(40)44(43(41)25-39(34)37)26-11-3-2-4-12-26;1-45-35-23-26-38(41(29-35)31-15-7-3-8-16-31)33-22-25-40-39-24-21-32(37-20-12-11-19-36(37)30-13-5-2-6-14-30)27-42(39)44(43(40)28-33)34-17-9-4-10-18-34;;;;/h2-25H,1H3;2-29H,1H3;3*1H;/q;;;;;+3/p-3. The molecule has 18 aromatic rings. The average Bonchev–Trinajstić information content (AvgIpc) is 1.48. The van der Waals surface area contributed by atoms with Crippen LogP contribution in [0.25, 0.3) is 164 Å². The van der Waals surface area contributed by atoms with Gasteiger partial charge in [0.15, 0.2) is 0 Å². The summed E-state index contributed by atoms with van der Waals surface area (Å²) in [7, 11) is 18.1. The molecule has 16 aromatic carbocycles. The van der Waals surface area contributed by atoms with Gasteiger partial charge in [-0.3, -0.25) is 0 Å². The molecule has 0 fully saturated rings. The molecule has 0 aliphatic rings. The fourth-order valence-electron chi connectivity index (χ4n) is 14.4. The van der Waals surface area contributed by atoms with Gasteiger partial charge >= 0.3 is 41.5 Å². The van der Waals surface area contributed by atoms with Gasteiger partial charge in [-0.05, 0) is 194 Å². The molecule has 0 saturated carbocycles. The van der Waals surface area contributed by atoms with Crippen molar-refractivity contribution in [2.24, 2.45) is 0 Å². The number of rotatable bonds is 8. The Hall–Kier alpha value is -10.3. The molecule has 453 valence electrons. The van der Waals surface area contributed by atoms with Gasteiger partial charge in [0, 0.05) is 32.9 Å². The van der Waals surface area contributed by atoms with E-state index in [1.807, 2.05) is 0 Å². The van der Waals surface area contributed by atoms with Gasteiger partial charge in [0.05, 0.1) is 36.3 Å². The molecule has 0 saturated heterocycles. The maximum atomic E-state index is 5.66. The number of halogens is 3. The third kappa shape index (κ3) is 10.4. The molecule has 2 heterocycles. The number of fused-ring (bicyclic) bond motifs is 18. The molecule has 18 rings (SSSR count). The van der Waals surface area contributed by atoms with Crippen LogP contribution < -0.4 is 9.47 Å². The van der Waals surface area contributed by atoms with Crippen LogP contribution in [0.4, 0.5) is 0 Å². The Morgan fingerprint density at radius 2 is 0.521 bits per heavy atom. The van der Waals surface area contributed by atoms with E-state index in [1.54, 1.807) is 14.2 Å². The van der Waals surface area contributed by atoms with Crippen molar-refractivity contribution < 1.29 is 20.6 Å². The van der Waals surface area contributed by atoms with Crippen molar-refractivity contribution in [3.05, 3.63) is 315 Å². The molecule has 4 nitrogen and oxygen atoms in total. The summed E-state index contributed by atoms with van der Waals surface area (Å²) in [6, 6.07) is 114. The number of hydrogen-bond donors (Lipinski definition) is 0. The van der Waals surface area contributed by atoms with Crippen LogP contribution >= 0.6 is 30.3 Å². The van der Waals surface area contributed by atoms with Gasteiger partial charge in [-0.15, -0.1) is 0 Å². The molecule has 0 spiro atoms. The molecule has 94 heavy (non-hydrogen) atoms. The molecule has 0 bridgehead atoms. The van der Waals surface area contributed by atoms with Crippen LogP contribution in [0.2, 0.25) is 0 Å². The minimum atomic E-state index is -1.33. The zero-order valence-electron chi connectivity index (χ0n) is 51.2. The van der Waals surface area contributed by atoms with Crippen LogP contribution in [-0.2, 0) is 11.2 Å². The number of para-hydroxylation sites is 2. The molecule has 0 radical (unpaired) electrons. The number of aromatic nitrogens is 2. The number of hydrogen-bond acceptors (Lipinski definition) is 2. The first-order valence-electron chi connectivity index (χ1n) is 31.2. The normalized spacial score (nSPS) is 11.6. The summed E-state index contributed by atoms with van der Waals surface area (Å²) in [6.07, 6.45) is 0. The van der Waals surface area contributed by atoms with E-state index in [-0.39, 0.29) is 0 Å². The van der Waals surface area contributed by atoms with Crippen LogP contribution in [0.15, 0.2) is 315 Å². The molecular formula is C86H58Cl3FeN2O2. The Kier molecular flexibility index (Phi) is 15.6.